The first kappa shape index (κ1) is 15.5. The molecule has 2 aromatic carbocycles. The molecule has 0 aliphatic heterocycles. The molecule has 0 amide bonds. The lowest BCUT2D eigenvalue weighted by Gasteiger charge is -2.09. The predicted octanol–water partition coefficient (Wildman–Crippen LogP) is 3.37. The summed E-state index contributed by atoms with van der Waals surface area (Å²) in [6.07, 6.45) is 0. The molecule has 0 spiro atoms. The van der Waals surface area contributed by atoms with Crippen molar-refractivity contribution < 1.29 is 8.42 Å². The second kappa shape index (κ2) is 5.83. The number of rotatable bonds is 3. The summed E-state index contributed by atoms with van der Waals surface area (Å²) in [5, 5.41) is 6.01. The van der Waals surface area contributed by atoms with Crippen LogP contribution in [0.2, 0.25) is 10.0 Å². The molecule has 106 valence electrons. The van der Waals surface area contributed by atoms with Crippen molar-refractivity contribution in [1.82, 2.24) is 0 Å². The van der Waals surface area contributed by atoms with Crippen molar-refractivity contribution in [3.63, 3.8) is 0 Å². The van der Waals surface area contributed by atoms with Gasteiger partial charge in [-0.2, -0.15) is 0 Å². The lowest BCUT2D eigenvalue weighted by molar-refractivity contribution is 0.596. The standard InChI is InChI=1S/C12H10Cl2N2O2S2/c13-9-3-2-8(6-10(9)14)19-11-4-1-7(15)5-12(11)20(16,17)18/h1-6H,15H2,(H2,16,17,18). The van der Waals surface area contributed by atoms with Crippen molar-refractivity contribution in [1.29, 1.82) is 0 Å². The van der Waals surface area contributed by atoms with Crippen LogP contribution in [-0.4, -0.2) is 8.42 Å². The van der Waals surface area contributed by atoms with E-state index in [1.807, 2.05) is 0 Å². The number of primary sulfonamides is 1. The van der Waals surface area contributed by atoms with Gasteiger partial charge in [-0.3, -0.25) is 0 Å². The number of hydrogen-bond acceptors (Lipinski definition) is 4. The fraction of sp³-hybridized carbons (Fsp3) is 0. The van der Waals surface area contributed by atoms with E-state index in [4.69, 9.17) is 34.1 Å². The monoisotopic (exact) mass is 348 g/mol. The smallest absolute Gasteiger partial charge is 0.239 e. The van der Waals surface area contributed by atoms with Crippen LogP contribution in [0.4, 0.5) is 5.69 Å². The van der Waals surface area contributed by atoms with Crippen LogP contribution in [0, 0.1) is 0 Å². The Morgan fingerprint density at radius 1 is 1.00 bits per heavy atom. The summed E-state index contributed by atoms with van der Waals surface area (Å²) in [5.74, 6) is 0. The highest BCUT2D eigenvalue weighted by Crippen LogP contribution is 2.36. The van der Waals surface area contributed by atoms with Crippen LogP contribution in [0.15, 0.2) is 51.1 Å². The lowest BCUT2D eigenvalue weighted by Crippen LogP contribution is -2.13. The molecule has 0 aliphatic rings. The maximum atomic E-state index is 11.6. The van der Waals surface area contributed by atoms with Crippen LogP contribution in [0.3, 0.4) is 0 Å². The van der Waals surface area contributed by atoms with Gasteiger partial charge < -0.3 is 5.73 Å². The van der Waals surface area contributed by atoms with Gasteiger partial charge in [-0.15, -0.1) is 0 Å². The molecule has 2 aromatic rings. The molecule has 8 heteroatoms. The van der Waals surface area contributed by atoms with Gasteiger partial charge in [-0.25, -0.2) is 13.6 Å². The zero-order valence-corrected chi connectivity index (χ0v) is 13.2. The molecule has 0 unspecified atom stereocenters. The highest BCUT2D eigenvalue weighted by atomic mass is 35.5. The maximum Gasteiger partial charge on any atom is 0.239 e. The van der Waals surface area contributed by atoms with Crippen LogP contribution >= 0.6 is 35.0 Å². The number of anilines is 1. The van der Waals surface area contributed by atoms with E-state index in [1.165, 1.54) is 17.8 Å². The van der Waals surface area contributed by atoms with Gasteiger partial charge in [0.25, 0.3) is 0 Å². The third kappa shape index (κ3) is 3.59. The normalized spacial score (nSPS) is 11.6. The SMILES string of the molecule is Nc1ccc(Sc2ccc(Cl)c(Cl)c2)c(S(N)(=O)=O)c1. The van der Waals surface area contributed by atoms with Gasteiger partial charge in [0.1, 0.15) is 0 Å². The largest absolute Gasteiger partial charge is 0.399 e. The fourth-order valence-electron chi connectivity index (χ4n) is 1.50. The summed E-state index contributed by atoms with van der Waals surface area (Å²) in [4.78, 5) is 1.20. The van der Waals surface area contributed by atoms with Gasteiger partial charge in [0, 0.05) is 15.5 Å². The summed E-state index contributed by atoms with van der Waals surface area (Å²) in [6.45, 7) is 0. The molecule has 0 radical (unpaired) electrons. The van der Waals surface area contributed by atoms with Crippen molar-refractivity contribution >= 4 is 50.7 Å². The first-order valence-corrected chi connectivity index (χ1v) is 8.44. The first-order chi connectivity index (χ1) is 9.27. The Kier molecular flexibility index (Phi) is 4.51. The molecule has 0 bridgehead atoms. The third-order valence-electron chi connectivity index (χ3n) is 2.39. The maximum absolute atomic E-state index is 11.6. The molecule has 0 fully saturated rings. The van der Waals surface area contributed by atoms with E-state index in [9.17, 15) is 8.42 Å². The Balaban J connectivity index is 2.46. The molecule has 4 nitrogen and oxygen atoms in total. The van der Waals surface area contributed by atoms with Crippen molar-refractivity contribution in [2.75, 3.05) is 5.73 Å². The summed E-state index contributed by atoms with van der Waals surface area (Å²) in [5.41, 5.74) is 5.92. The van der Waals surface area contributed by atoms with E-state index in [0.29, 0.717) is 20.6 Å². The topological polar surface area (TPSA) is 86.2 Å². The number of hydrogen-bond donors (Lipinski definition) is 2. The van der Waals surface area contributed by atoms with Gasteiger partial charge in [-0.1, -0.05) is 35.0 Å². The predicted molar refractivity (Wildman–Crippen MR) is 82.8 cm³/mol. The minimum atomic E-state index is -3.85. The molecule has 0 saturated heterocycles. The van der Waals surface area contributed by atoms with Gasteiger partial charge in [0.05, 0.1) is 14.9 Å². The highest BCUT2D eigenvalue weighted by molar-refractivity contribution is 8.00. The summed E-state index contributed by atoms with van der Waals surface area (Å²) in [7, 11) is -3.85. The summed E-state index contributed by atoms with van der Waals surface area (Å²) >= 11 is 13.0. The third-order valence-corrected chi connectivity index (χ3v) is 5.28. The number of nitrogen functional groups attached to an aromatic ring is 1. The number of benzene rings is 2. The second-order valence-corrected chi connectivity index (χ2v) is 7.39. The summed E-state index contributed by atoms with van der Waals surface area (Å²) in [6, 6.07) is 9.56. The van der Waals surface area contributed by atoms with Crippen molar-refractivity contribution in [3.8, 4) is 0 Å². The Bertz CT molecular complexity index is 764. The van der Waals surface area contributed by atoms with Crippen LogP contribution in [0.1, 0.15) is 0 Å². The van der Waals surface area contributed by atoms with E-state index >= 15 is 0 Å². The van der Waals surface area contributed by atoms with Crippen LogP contribution in [0.25, 0.3) is 0 Å². The average Bonchev–Trinajstić information content (AvgIpc) is 2.35. The Morgan fingerprint density at radius 2 is 1.70 bits per heavy atom. The van der Waals surface area contributed by atoms with Gasteiger partial charge in [-0.05, 0) is 36.4 Å². The minimum Gasteiger partial charge on any atom is -0.399 e. The number of sulfonamides is 1. The molecule has 0 saturated carbocycles. The van der Waals surface area contributed by atoms with Crippen LogP contribution in [-0.2, 0) is 10.0 Å². The minimum absolute atomic E-state index is 0.0198. The quantitative estimate of drug-likeness (QED) is 0.832. The highest BCUT2D eigenvalue weighted by Gasteiger charge is 2.15. The molecule has 20 heavy (non-hydrogen) atoms. The molecular weight excluding hydrogens is 339 g/mol. The van der Waals surface area contributed by atoms with Gasteiger partial charge in [0.2, 0.25) is 10.0 Å². The molecule has 2 rings (SSSR count). The Hall–Kier alpha value is -0.920. The van der Waals surface area contributed by atoms with Gasteiger partial charge >= 0.3 is 0 Å². The average molecular weight is 349 g/mol. The lowest BCUT2D eigenvalue weighted by atomic mass is 10.3. The van der Waals surface area contributed by atoms with E-state index in [1.54, 1.807) is 30.3 Å². The second-order valence-electron chi connectivity index (χ2n) is 3.93. The van der Waals surface area contributed by atoms with Crippen molar-refractivity contribution in [3.05, 3.63) is 46.4 Å². The van der Waals surface area contributed by atoms with E-state index in [-0.39, 0.29) is 4.90 Å². The molecule has 0 aromatic heterocycles. The fourth-order valence-corrected chi connectivity index (χ4v) is 3.85. The molecule has 0 heterocycles. The summed E-state index contributed by atoms with van der Waals surface area (Å²) < 4.78 is 23.2. The van der Waals surface area contributed by atoms with E-state index < -0.39 is 10.0 Å². The van der Waals surface area contributed by atoms with Crippen LogP contribution in [0.5, 0.6) is 0 Å². The zero-order chi connectivity index (χ0) is 14.9. The van der Waals surface area contributed by atoms with E-state index in [2.05, 4.69) is 0 Å². The van der Waals surface area contributed by atoms with Crippen molar-refractivity contribution in [2.24, 2.45) is 5.14 Å². The van der Waals surface area contributed by atoms with Crippen molar-refractivity contribution in [2.45, 2.75) is 14.7 Å². The Morgan fingerprint density at radius 3 is 2.30 bits per heavy atom. The van der Waals surface area contributed by atoms with E-state index in [0.717, 1.165) is 4.90 Å². The first-order valence-electron chi connectivity index (χ1n) is 5.32. The number of halogens is 2. The molecular formula is C12H10Cl2N2O2S2. The molecule has 0 aliphatic carbocycles. The Labute approximate surface area is 131 Å². The number of nitrogens with two attached hydrogens (primary N) is 2. The van der Waals surface area contributed by atoms with Gasteiger partial charge in [0.15, 0.2) is 0 Å². The van der Waals surface area contributed by atoms with Crippen LogP contribution < -0.4 is 10.9 Å². The molecule has 0 atom stereocenters. The molecule has 4 N–H and O–H groups in total. The zero-order valence-electron chi connectivity index (χ0n) is 10.0.